The molecular formula is C12H29NP2. The van der Waals surface area contributed by atoms with E-state index in [2.05, 4.69) is 46.9 Å². The van der Waals surface area contributed by atoms with Crippen molar-refractivity contribution in [2.75, 3.05) is 24.6 Å². The molecule has 0 aromatic heterocycles. The summed E-state index contributed by atoms with van der Waals surface area (Å²) in [5, 5.41) is 3.84. The third kappa shape index (κ3) is 5.62. The lowest BCUT2D eigenvalue weighted by atomic mass is 10.6. The summed E-state index contributed by atoms with van der Waals surface area (Å²) in [4.78, 5) is 0. The average molecular weight is 249 g/mol. The number of nitrogens with one attached hydrogen (secondary N) is 1. The highest BCUT2D eigenvalue weighted by Gasteiger charge is 2.18. The summed E-state index contributed by atoms with van der Waals surface area (Å²) in [5.74, 6) is 1.49. The number of hydrogen-bond acceptors (Lipinski definition) is 1. The zero-order valence-electron chi connectivity index (χ0n) is 11.4. The van der Waals surface area contributed by atoms with Crippen molar-refractivity contribution in [3.05, 3.63) is 0 Å². The van der Waals surface area contributed by atoms with E-state index in [1.54, 1.807) is 0 Å². The van der Waals surface area contributed by atoms with E-state index in [4.69, 9.17) is 0 Å². The van der Waals surface area contributed by atoms with Crippen LogP contribution in [0, 0.1) is 0 Å². The van der Waals surface area contributed by atoms with Crippen LogP contribution in [-0.4, -0.2) is 36.2 Å². The summed E-state index contributed by atoms with van der Waals surface area (Å²) in [5.41, 5.74) is 0. The van der Waals surface area contributed by atoms with Crippen LogP contribution in [0.3, 0.4) is 0 Å². The van der Waals surface area contributed by atoms with Crippen molar-refractivity contribution in [2.45, 2.75) is 53.1 Å². The maximum atomic E-state index is 3.84. The Kier molecular flexibility index (Phi) is 9.40. The maximum Gasteiger partial charge on any atom is 0.0245 e. The summed E-state index contributed by atoms with van der Waals surface area (Å²) < 4.78 is 0. The second-order valence-electron chi connectivity index (χ2n) is 3.96. The van der Waals surface area contributed by atoms with Gasteiger partial charge in [-0.3, -0.25) is 0 Å². The van der Waals surface area contributed by atoms with Crippen LogP contribution in [0.15, 0.2) is 0 Å². The molecule has 0 aliphatic heterocycles. The van der Waals surface area contributed by atoms with E-state index in [-0.39, 0.29) is 15.8 Å². The molecule has 0 fully saturated rings. The Bertz CT molecular complexity index is 129. The van der Waals surface area contributed by atoms with Crippen LogP contribution in [0.25, 0.3) is 0 Å². The highest BCUT2D eigenvalue weighted by Crippen LogP contribution is 2.43. The van der Waals surface area contributed by atoms with Gasteiger partial charge in [0.2, 0.25) is 0 Å². The molecule has 0 amide bonds. The fourth-order valence-corrected chi connectivity index (χ4v) is 6.17. The van der Waals surface area contributed by atoms with Crippen molar-refractivity contribution >= 4 is 15.8 Å². The minimum Gasteiger partial charge on any atom is -0.304 e. The van der Waals surface area contributed by atoms with Gasteiger partial charge in [-0.25, -0.2) is 0 Å². The van der Waals surface area contributed by atoms with Crippen LogP contribution in [0.1, 0.15) is 41.5 Å². The molecule has 0 aromatic rings. The van der Waals surface area contributed by atoms with E-state index >= 15 is 0 Å². The Morgan fingerprint density at radius 1 is 0.733 bits per heavy atom. The molecule has 2 atom stereocenters. The van der Waals surface area contributed by atoms with Gasteiger partial charge in [0.15, 0.2) is 0 Å². The average Bonchev–Trinajstić information content (AvgIpc) is 2.21. The lowest BCUT2D eigenvalue weighted by Crippen LogP contribution is -2.33. The fourth-order valence-electron chi connectivity index (χ4n) is 2.10. The highest BCUT2D eigenvalue weighted by molar-refractivity contribution is 7.59. The van der Waals surface area contributed by atoms with Gasteiger partial charge in [-0.05, 0) is 38.5 Å². The van der Waals surface area contributed by atoms with Crippen molar-refractivity contribution < 1.29 is 0 Å². The van der Waals surface area contributed by atoms with E-state index in [0.717, 1.165) is 11.6 Å². The largest absolute Gasteiger partial charge is 0.304 e. The smallest absolute Gasteiger partial charge is 0.0245 e. The van der Waals surface area contributed by atoms with Crippen molar-refractivity contribution in [1.82, 2.24) is 5.32 Å². The molecule has 0 heterocycles. The van der Waals surface area contributed by atoms with Crippen LogP contribution in [0.4, 0.5) is 0 Å². The van der Waals surface area contributed by atoms with E-state index in [9.17, 15) is 0 Å². The molecule has 92 valence electrons. The minimum atomic E-state index is 0.215. The monoisotopic (exact) mass is 249 g/mol. The van der Waals surface area contributed by atoms with E-state index in [1.165, 1.54) is 24.6 Å². The van der Waals surface area contributed by atoms with Crippen LogP contribution < -0.4 is 5.32 Å². The molecule has 2 unspecified atom stereocenters. The molecule has 0 aliphatic rings. The van der Waals surface area contributed by atoms with Crippen molar-refractivity contribution in [3.63, 3.8) is 0 Å². The summed E-state index contributed by atoms with van der Waals surface area (Å²) in [6, 6.07) is 0. The predicted molar refractivity (Wildman–Crippen MR) is 78.1 cm³/mol. The van der Waals surface area contributed by atoms with E-state index in [0.29, 0.717) is 0 Å². The lowest BCUT2D eigenvalue weighted by Gasteiger charge is -2.31. The molecule has 0 spiro atoms. The van der Waals surface area contributed by atoms with Crippen LogP contribution in [0.5, 0.6) is 0 Å². The summed E-state index contributed by atoms with van der Waals surface area (Å²) in [6.45, 7) is 14.1. The Labute approximate surface area is 99.3 Å². The van der Waals surface area contributed by atoms with Gasteiger partial charge in [-0.1, -0.05) is 43.5 Å². The van der Waals surface area contributed by atoms with Crippen LogP contribution >= 0.6 is 15.8 Å². The first kappa shape index (κ1) is 15.8. The van der Waals surface area contributed by atoms with Gasteiger partial charge < -0.3 is 5.32 Å². The first-order chi connectivity index (χ1) is 7.10. The molecule has 1 N–H and O–H groups in total. The molecule has 0 aliphatic carbocycles. The third-order valence-corrected chi connectivity index (χ3v) is 8.94. The Hall–Kier alpha value is 0.820. The highest BCUT2D eigenvalue weighted by atomic mass is 31.1. The van der Waals surface area contributed by atoms with Crippen LogP contribution in [-0.2, 0) is 0 Å². The van der Waals surface area contributed by atoms with Gasteiger partial charge in [0, 0.05) is 11.6 Å². The molecule has 0 saturated carbocycles. The second-order valence-corrected chi connectivity index (χ2v) is 10.4. The van der Waals surface area contributed by atoms with Gasteiger partial charge in [-0.15, -0.1) is 0 Å². The van der Waals surface area contributed by atoms with Gasteiger partial charge in [-0.2, -0.15) is 0 Å². The molecule has 3 heteroatoms. The Morgan fingerprint density at radius 2 is 1.00 bits per heavy atom. The standard InChI is InChI=1S/C12H29NP2/c1-7-14(8-2)11(5)13-12(6)15(9-3)10-4/h11-13H,7-10H2,1-6H3. The Balaban J connectivity index is 4.08. The van der Waals surface area contributed by atoms with Gasteiger partial charge in [0.1, 0.15) is 0 Å². The van der Waals surface area contributed by atoms with Crippen LogP contribution in [0.2, 0.25) is 0 Å². The van der Waals surface area contributed by atoms with E-state index < -0.39 is 0 Å². The number of hydrogen-bond donors (Lipinski definition) is 1. The van der Waals surface area contributed by atoms with Gasteiger partial charge in [0.05, 0.1) is 0 Å². The quantitative estimate of drug-likeness (QED) is 0.632. The predicted octanol–water partition coefficient (Wildman–Crippen LogP) is 4.31. The maximum absolute atomic E-state index is 3.84. The summed E-state index contributed by atoms with van der Waals surface area (Å²) in [7, 11) is 0.429. The molecule has 0 radical (unpaired) electrons. The normalized spacial score (nSPS) is 16.0. The molecule has 0 bridgehead atoms. The summed E-state index contributed by atoms with van der Waals surface area (Å²) >= 11 is 0. The van der Waals surface area contributed by atoms with E-state index in [1.807, 2.05) is 0 Å². The van der Waals surface area contributed by atoms with Crippen molar-refractivity contribution in [1.29, 1.82) is 0 Å². The van der Waals surface area contributed by atoms with Crippen molar-refractivity contribution in [2.24, 2.45) is 0 Å². The first-order valence-corrected chi connectivity index (χ1v) is 9.90. The first-order valence-electron chi connectivity index (χ1n) is 6.34. The number of rotatable bonds is 8. The second kappa shape index (κ2) is 8.91. The summed E-state index contributed by atoms with van der Waals surface area (Å²) in [6.07, 6.45) is 5.46. The molecule has 0 rings (SSSR count). The minimum absolute atomic E-state index is 0.215. The Morgan fingerprint density at radius 3 is 1.20 bits per heavy atom. The topological polar surface area (TPSA) is 12.0 Å². The van der Waals surface area contributed by atoms with Crippen molar-refractivity contribution in [3.8, 4) is 0 Å². The van der Waals surface area contributed by atoms with Gasteiger partial charge in [0.25, 0.3) is 0 Å². The zero-order valence-corrected chi connectivity index (χ0v) is 13.2. The SMILES string of the molecule is CCP(CC)C(C)NC(C)P(CC)CC. The molecule has 15 heavy (non-hydrogen) atoms. The lowest BCUT2D eigenvalue weighted by molar-refractivity contribution is 0.663. The molecule has 1 nitrogen and oxygen atoms in total. The fraction of sp³-hybridized carbons (Fsp3) is 1.00. The molecule has 0 aromatic carbocycles. The molecule has 0 saturated heterocycles. The molecular weight excluding hydrogens is 220 g/mol. The van der Waals surface area contributed by atoms with Gasteiger partial charge >= 0.3 is 0 Å². The third-order valence-electron chi connectivity index (χ3n) is 3.20. The zero-order chi connectivity index (χ0) is 11.8.